The average Bonchev–Trinajstić information content (AvgIpc) is 2.51. The zero-order valence-corrected chi connectivity index (χ0v) is 12.6. The number of hydrogen-bond donors (Lipinski definition) is 2. The molecule has 0 radical (unpaired) electrons. The molecule has 0 fully saturated rings. The fourth-order valence-electron chi connectivity index (χ4n) is 2.02. The Hall–Kier alpha value is -2.18. The molecule has 0 unspecified atom stereocenters. The Bertz CT molecular complexity index is 527. The van der Waals surface area contributed by atoms with Gasteiger partial charge in [-0.15, -0.1) is 0 Å². The van der Waals surface area contributed by atoms with Crippen molar-refractivity contribution in [1.29, 1.82) is 0 Å². The first-order valence-corrected chi connectivity index (χ1v) is 6.80. The van der Waals surface area contributed by atoms with Gasteiger partial charge in [-0.25, -0.2) is 4.79 Å². The number of carbonyl (C=O) groups excluding carboxylic acids is 2. The molecule has 0 heterocycles. The van der Waals surface area contributed by atoms with Crippen LogP contribution in [-0.4, -0.2) is 40.5 Å². The molecule has 0 amide bonds. The maximum Gasteiger partial charge on any atom is 0.345 e. The van der Waals surface area contributed by atoms with Crippen LogP contribution in [0.4, 0.5) is 0 Å². The van der Waals surface area contributed by atoms with Gasteiger partial charge in [0, 0.05) is 6.92 Å². The van der Waals surface area contributed by atoms with Crippen molar-refractivity contribution in [2.45, 2.75) is 31.7 Å². The van der Waals surface area contributed by atoms with Crippen molar-refractivity contribution >= 4 is 11.9 Å². The van der Waals surface area contributed by atoms with Gasteiger partial charge in [0.25, 0.3) is 0 Å². The summed E-state index contributed by atoms with van der Waals surface area (Å²) in [5.41, 5.74) is -2.22. The minimum absolute atomic E-state index is 0.00735. The van der Waals surface area contributed by atoms with E-state index < -0.39 is 29.7 Å². The second-order valence-electron chi connectivity index (χ2n) is 4.62. The van der Waals surface area contributed by atoms with Crippen LogP contribution in [0, 0.1) is 0 Å². The van der Waals surface area contributed by atoms with Crippen molar-refractivity contribution in [3.8, 4) is 0 Å². The first-order chi connectivity index (χ1) is 10.4. The summed E-state index contributed by atoms with van der Waals surface area (Å²) in [6.45, 7) is 6.11. The van der Waals surface area contributed by atoms with Crippen molar-refractivity contribution in [3.63, 3.8) is 0 Å². The number of rotatable bonds is 7. The van der Waals surface area contributed by atoms with Crippen LogP contribution in [-0.2, 0) is 19.1 Å². The van der Waals surface area contributed by atoms with E-state index >= 15 is 0 Å². The van der Waals surface area contributed by atoms with E-state index in [0.29, 0.717) is 0 Å². The van der Waals surface area contributed by atoms with Crippen LogP contribution in [0.25, 0.3) is 0 Å². The fraction of sp³-hybridized carbons (Fsp3) is 0.375. The lowest BCUT2D eigenvalue weighted by Crippen LogP contribution is -2.55. The molecule has 0 aliphatic heterocycles. The van der Waals surface area contributed by atoms with Gasteiger partial charge < -0.3 is 19.7 Å². The maximum atomic E-state index is 12.2. The topological polar surface area (TPSA) is 93.1 Å². The SMILES string of the molecule is C=C[C@H](OC(C)=O)[C@](O)(C(=O)OCC)[C@@H](O)c1ccccc1. The van der Waals surface area contributed by atoms with E-state index in [1.165, 1.54) is 12.1 Å². The summed E-state index contributed by atoms with van der Waals surface area (Å²) in [5.74, 6) is -1.83. The Kier molecular flexibility index (Phi) is 6.27. The van der Waals surface area contributed by atoms with E-state index in [9.17, 15) is 19.8 Å². The Morgan fingerprint density at radius 2 is 1.95 bits per heavy atom. The Morgan fingerprint density at radius 3 is 2.41 bits per heavy atom. The summed E-state index contributed by atoms with van der Waals surface area (Å²) < 4.78 is 9.73. The molecule has 6 nitrogen and oxygen atoms in total. The summed E-state index contributed by atoms with van der Waals surface area (Å²) in [6, 6.07) is 8.06. The van der Waals surface area contributed by atoms with E-state index in [2.05, 4.69) is 6.58 Å². The zero-order chi connectivity index (χ0) is 16.8. The van der Waals surface area contributed by atoms with E-state index in [-0.39, 0.29) is 12.2 Å². The highest BCUT2D eigenvalue weighted by Gasteiger charge is 2.53. The lowest BCUT2D eigenvalue weighted by Gasteiger charge is -2.35. The summed E-state index contributed by atoms with van der Waals surface area (Å²) in [4.78, 5) is 23.4. The summed E-state index contributed by atoms with van der Waals surface area (Å²) >= 11 is 0. The highest BCUT2D eigenvalue weighted by molar-refractivity contribution is 5.82. The van der Waals surface area contributed by atoms with Gasteiger partial charge in [0.1, 0.15) is 6.10 Å². The third-order valence-corrected chi connectivity index (χ3v) is 3.08. The van der Waals surface area contributed by atoms with Crippen LogP contribution in [0.3, 0.4) is 0 Å². The second-order valence-corrected chi connectivity index (χ2v) is 4.62. The molecule has 1 aromatic carbocycles. The summed E-state index contributed by atoms with van der Waals surface area (Å²) in [5, 5.41) is 21.2. The highest BCUT2D eigenvalue weighted by Crippen LogP contribution is 2.32. The minimum atomic E-state index is -2.50. The van der Waals surface area contributed by atoms with Gasteiger partial charge in [-0.05, 0) is 18.6 Å². The quantitative estimate of drug-likeness (QED) is 0.579. The maximum absolute atomic E-state index is 12.2. The molecule has 120 valence electrons. The number of benzene rings is 1. The molecule has 6 heteroatoms. The molecule has 1 aromatic rings. The van der Waals surface area contributed by atoms with Gasteiger partial charge in [0.05, 0.1) is 6.61 Å². The van der Waals surface area contributed by atoms with E-state index in [0.717, 1.165) is 13.0 Å². The van der Waals surface area contributed by atoms with Crippen LogP contribution in [0.5, 0.6) is 0 Å². The van der Waals surface area contributed by atoms with Gasteiger partial charge in [0.2, 0.25) is 5.60 Å². The van der Waals surface area contributed by atoms with Gasteiger partial charge in [0.15, 0.2) is 6.10 Å². The Morgan fingerprint density at radius 1 is 1.36 bits per heavy atom. The van der Waals surface area contributed by atoms with Crippen molar-refractivity contribution in [2.75, 3.05) is 6.61 Å². The Balaban J connectivity index is 3.29. The molecule has 2 N–H and O–H groups in total. The van der Waals surface area contributed by atoms with Crippen LogP contribution in [0.2, 0.25) is 0 Å². The molecule has 0 saturated heterocycles. The normalized spacial score (nSPS) is 16.0. The average molecular weight is 308 g/mol. The highest BCUT2D eigenvalue weighted by atomic mass is 16.6. The van der Waals surface area contributed by atoms with Crippen molar-refractivity contribution < 1.29 is 29.3 Å². The largest absolute Gasteiger partial charge is 0.464 e. The second kappa shape index (κ2) is 7.72. The predicted octanol–water partition coefficient (Wildman–Crippen LogP) is 1.13. The number of hydrogen-bond acceptors (Lipinski definition) is 6. The third-order valence-electron chi connectivity index (χ3n) is 3.08. The summed E-state index contributed by atoms with van der Waals surface area (Å²) in [6.07, 6.45) is -2.04. The van der Waals surface area contributed by atoms with Crippen molar-refractivity contribution in [3.05, 3.63) is 48.6 Å². The van der Waals surface area contributed by atoms with E-state index in [4.69, 9.17) is 9.47 Å². The van der Waals surface area contributed by atoms with Gasteiger partial charge >= 0.3 is 11.9 Å². The number of esters is 2. The molecule has 0 aliphatic carbocycles. The van der Waals surface area contributed by atoms with Crippen LogP contribution >= 0.6 is 0 Å². The molecule has 0 aliphatic rings. The zero-order valence-electron chi connectivity index (χ0n) is 12.6. The molecule has 1 rings (SSSR count). The smallest absolute Gasteiger partial charge is 0.345 e. The number of aliphatic hydroxyl groups excluding tert-OH is 1. The molecular weight excluding hydrogens is 288 g/mol. The van der Waals surface area contributed by atoms with Crippen molar-refractivity contribution in [2.24, 2.45) is 0 Å². The first-order valence-electron chi connectivity index (χ1n) is 6.80. The molecule has 0 saturated carbocycles. The molecule has 0 bridgehead atoms. The molecule has 22 heavy (non-hydrogen) atoms. The monoisotopic (exact) mass is 308 g/mol. The van der Waals surface area contributed by atoms with Crippen LogP contribution in [0.1, 0.15) is 25.5 Å². The number of ether oxygens (including phenoxy) is 2. The third kappa shape index (κ3) is 3.72. The minimum Gasteiger partial charge on any atom is -0.464 e. The lowest BCUT2D eigenvalue weighted by molar-refractivity contribution is -0.200. The lowest BCUT2D eigenvalue weighted by atomic mass is 9.85. The summed E-state index contributed by atoms with van der Waals surface area (Å²) in [7, 11) is 0. The van der Waals surface area contributed by atoms with Gasteiger partial charge in [-0.2, -0.15) is 0 Å². The first kappa shape index (κ1) is 17.9. The van der Waals surface area contributed by atoms with Gasteiger partial charge in [-0.1, -0.05) is 36.9 Å². The number of aliphatic hydroxyl groups is 2. The number of carbonyl (C=O) groups is 2. The van der Waals surface area contributed by atoms with E-state index in [1.807, 2.05) is 0 Å². The standard InChI is InChI=1S/C16H20O6/c1-4-13(22-11(3)17)16(20,15(19)21-5-2)14(18)12-9-7-6-8-10-12/h4,6-10,13-14,18,20H,1,5H2,2-3H3/t13-,14-,16+/m0/s1. The molecular formula is C16H20O6. The van der Waals surface area contributed by atoms with E-state index in [1.54, 1.807) is 25.1 Å². The van der Waals surface area contributed by atoms with Crippen molar-refractivity contribution in [1.82, 2.24) is 0 Å². The van der Waals surface area contributed by atoms with Crippen LogP contribution in [0.15, 0.2) is 43.0 Å². The fourth-order valence-corrected chi connectivity index (χ4v) is 2.02. The molecule has 3 atom stereocenters. The Labute approximate surface area is 129 Å². The molecule has 0 spiro atoms. The van der Waals surface area contributed by atoms with Crippen LogP contribution < -0.4 is 0 Å². The predicted molar refractivity (Wildman–Crippen MR) is 78.7 cm³/mol. The molecule has 0 aromatic heterocycles. The van der Waals surface area contributed by atoms with Gasteiger partial charge in [-0.3, -0.25) is 4.79 Å².